The maximum absolute atomic E-state index is 12.6. The fraction of sp³-hybridized carbons (Fsp3) is 0.900. The summed E-state index contributed by atoms with van der Waals surface area (Å²) in [5.41, 5.74) is -0.0632. The van der Waals surface area contributed by atoms with Crippen molar-refractivity contribution in [3.63, 3.8) is 0 Å². The van der Waals surface area contributed by atoms with Gasteiger partial charge < -0.3 is 21.3 Å². The number of likely N-dealkylation sites (N-methyl/N-ethyl adjacent to an activating group) is 1. The van der Waals surface area contributed by atoms with Gasteiger partial charge in [0.25, 0.3) is 0 Å². The summed E-state index contributed by atoms with van der Waals surface area (Å²) in [5.74, 6) is 0.0583. The van der Waals surface area contributed by atoms with Gasteiger partial charge in [-0.2, -0.15) is 12.6 Å². The number of amides is 3. The van der Waals surface area contributed by atoms with Crippen molar-refractivity contribution in [3.8, 4) is 0 Å². The maximum Gasteiger partial charge on any atom is 0.315 e. The van der Waals surface area contributed by atoms with E-state index in [1.165, 1.54) is 0 Å². The lowest BCUT2D eigenvalue weighted by atomic mass is 9.67. The molecule has 0 fully saturated rings. The molecule has 0 aliphatic carbocycles. The van der Waals surface area contributed by atoms with Gasteiger partial charge in [0.2, 0.25) is 5.91 Å². The fourth-order valence-corrected chi connectivity index (χ4v) is 3.76. The minimum Gasteiger partial charge on any atom is -0.354 e. The molecular formula is C20H41BN4O2S. The second-order valence-corrected chi connectivity index (χ2v) is 10.3. The summed E-state index contributed by atoms with van der Waals surface area (Å²) < 4.78 is 0. The third-order valence-electron chi connectivity index (χ3n) is 4.30. The maximum atomic E-state index is 12.6. The molecule has 6 nitrogen and oxygen atoms in total. The van der Waals surface area contributed by atoms with Crippen molar-refractivity contribution in [1.29, 1.82) is 0 Å². The van der Waals surface area contributed by atoms with Crippen molar-refractivity contribution in [3.05, 3.63) is 0 Å². The molecule has 0 heterocycles. The Kier molecular flexibility index (Phi) is 12.2. The summed E-state index contributed by atoms with van der Waals surface area (Å²) in [6, 6.07) is -0.978. The first-order valence-corrected chi connectivity index (χ1v) is 10.8. The van der Waals surface area contributed by atoms with Crippen LogP contribution in [0.15, 0.2) is 0 Å². The largest absolute Gasteiger partial charge is 0.354 e. The molecule has 0 bridgehead atoms. The Bertz CT molecular complexity index is 481. The van der Waals surface area contributed by atoms with Gasteiger partial charge in [0.1, 0.15) is 6.04 Å². The molecule has 28 heavy (non-hydrogen) atoms. The van der Waals surface area contributed by atoms with Crippen LogP contribution in [-0.4, -0.2) is 57.3 Å². The molecule has 0 aromatic heterocycles. The third-order valence-corrected chi connectivity index (χ3v) is 4.48. The zero-order valence-corrected chi connectivity index (χ0v) is 19.7. The molecule has 162 valence electrons. The number of carbonyl (C=O) groups is 2. The van der Waals surface area contributed by atoms with E-state index >= 15 is 0 Å². The topological polar surface area (TPSA) is 82.3 Å². The molecule has 0 aromatic rings. The van der Waals surface area contributed by atoms with Gasteiger partial charge in [0, 0.05) is 19.6 Å². The molecule has 8 heteroatoms. The van der Waals surface area contributed by atoms with Crippen LogP contribution >= 0.6 is 12.6 Å². The van der Waals surface area contributed by atoms with Crippen LogP contribution in [0.25, 0.3) is 0 Å². The first-order chi connectivity index (χ1) is 12.8. The predicted octanol–water partition coefficient (Wildman–Crippen LogP) is 2.51. The smallest absolute Gasteiger partial charge is 0.315 e. The normalized spacial score (nSPS) is 15.4. The average Bonchev–Trinajstić information content (AvgIpc) is 2.52. The van der Waals surface area contributed by atoms with E-state index in [1.807, 2.05) is 34.6 Å². The van der Waals surface area contributed by atoms with Crippen LogP contribution in [0.3, 0.4) is 0 Å². The molecule has 0 saturated heterocycles. The first kappa shape index (κ1) is 27.1. The van der Waals surface area contributed by atoms with E-state index in [0.29, 0.717) is 19.6 Å². The zero-order chi connectivity index (χ0) is 22.0. The molecule has 3 amide bonds. The number of thiol groups is 1. The molecule has 0 saturated carbocycles. The van der Waals surface area contributed by atoms with Crippen LogP contribution in [0.5, 0.6) is 0 Å². The molecular weight excluding hydrogens is 371 g/mol. The number of hydrogen-bond acceptors (Lipinski definition) is 4. The lowest BCUT2D eigenvalue weighted by Crippen LogP contribution is -2.55. The summed E-state index contributed by atoms with van der Waals surface area (Å²) in [6.45, 7) is 16.3. The van der Waals surface area contributed by atoms with Gasteiger partial charge in [-0.25, -0.2) is 4.79 Å². The van der Waals surface area contributed by atoms with Gasteiger partial charge in [-0.1, -0.05) is 60.2 Å². The number of rotatable bonds is 13. The second kappa shape index (κ2) is 12.6. The van der Waals surface area contributed by atoms with Crippen LogP contribution < -0.4 is 21.3 Å². The lowest BCUT2D eigenvalue weighted by molar-refractivity contribution is -0.123. The van der Waals surface area contributed by atoms with Crippen molar-refractivity contribution in [1.82, 2.24) is 21.3 Å². The van der Waals surface area contributed by atoms with E-state index in [4.69, 9.17) is 7.85 Å². The summed E-state index contributed by atoms with van der Waals surface area (Å²) in [4.78, 5) is 24.9. The van der Waals surface area contributed by atoms with Crippen molar-refractivity contribution < 1.29 is 9.59 Å². The van der Waals surface area contributed by atoms with E-state index in [0.717, 1.165) is 19.4 Å². The second-order valence-electron chi connectivity index (χ2n) is 9.45. The van der Waals surface area contributed by atoms with Gasteiger partial charge in [-0.15, -0.1) is 0 Å². The molecule has 3 atom stereocenters. The van der Waals surface area contributed by atoms with Gasteiger partial charge in [0.05, 0.1) is 7.85 Å². The minimum absolute atomic E-state index is 0.0632. The zero-order valence-electron chi connectivity index (χ0n) is 18.8. The molecule has 0 rings (SSSR count). The highest BCUT2D eigenvalue weighted by molar-refractivity contribution is 7.80. The molecule has 3 unspecified atom stereocenters. The lowest BCUT2D eigenvalue weighted by Gasteiger charge is -2.28. The van der Waals surface area contributed by atoms with Crippen LogP contribution in [0.4, 0.5) is 4.79 Å². The number of urea groups is 1. The van der Waals surface area contributed by atoms with Gasteiger partial charge in [0.15, 0.2) is 0 Å². The van der Waals surface area contributed by atoms with Crippen molar-refractivity contribution in [2.24, 2.45) is 11.3 Å². The first-order valence-electron chi connectivity index (χ1n) is 10.3. The van der Waals surface area contributed by atoms with Crippen molar-refractivity contribution >= 4 is 32.4 Å². The molecule has 0 spiro atoms. The third kappa shape index (κ3) is 14.2. The van der Waals surface area contributed by atoms with Crippen molar-refractivity contribution in [2.45, 2.75) is 77.9 Å². The highest BCUT2D eigenvalue weighted by atomic mass is 32.1. The molecule has 0 aliphatic rings. The molecule has 0 aliphatic heterocycles. The Hall–Kier alpha value is -0.885. The number of carbonyl (C=O) groups excluding carboxylic acids is 2. The average molecular weight is 412 g/mol. The van der Waals surface area contributed by atoms with Crippen molar-refractivity contribution in [2.75, 3.05) is 26.2 Å². The van der Waals surface area contributed by atoms with Crippen LogP contribution in [0, 0.1) is 11.3 Å². The van der Waals surface area contributed by atoms with Gasteiger partial charge in [-0.05, 0) is 29.5 Å². The Balaban J connectivity index is 4.63. The molecule has 0 aromatic carbocycles. The summed E-state index contributed by atoms with van der Waals surface area (Å²) in [7, 11) is 6.02. The van der Waals surface area contributed by atoms with E-state index in [9.17, 15) is 9.59 Å². The van der Waals surface area contributed by atoms with E-state index in [-0.39, 0.29) is 33.8 Å². The highest BCUT2D eigenvalue weighted by Gasteiger charge is 2.25. The van der Waals surface area contributed by atoms with E-state index < -0.39 is 6.04 Å². The monoisotopic (exact) mass is 412 g/mol. The molecule has 2 radical (unpaired) electrons. The molecule has 4 N–H and O–H groups in total. The van der Waals surface area contributed by atoms with E-state index in [2.05, 4.69) is 47.7 Å². The Morgan fingerprint density at radius 1 is 1.04 bits per heavy atom. The highest BCUT2D eigenvalue weighted by Crippen LogP contribution is 2.27. The van der Waals surface area contributed by atoms with Crippen LogP contribution in [0.2, 0.25) is 5.31 Å². The quantitative estimate of drug-likeness (QED) is 0.238. The fourth-order valence-electron chi connectivity index (χ4n) is 3.27. The number of hydrogen-bond donors (Lipinski definition) is 5. The van der Waals surface area contributed by atoms with E-state index in [1.54, 1.807) is 0 Å². The summed E-state index contributed by atoms with van der Waals surface area (Å²) in [5, 5.41) is 11.7. The van der Waals surface area contributed by atoms with Crippen LogP contribution in [-0.2, 0) is 4.79 Å². The Morgan fingerprint density at radius 2 is 1.64 bits per heavy atom. The Morgan fingerprint density at radius 3 is 2.14 bits per heavy atom. The van der Waals surface area contributed by atoms with Crippen LogP contribution in [0.1, 0.15) is 61.3 Å². The summed E-state index contributed by atoms with van der Waals surface area (Å²) >= 11 is 4.44. The SMILES string of the molecule is [B]C(C)(C)CC(C)CNC(=O)NC(CNCC)C(=O)NCC(C)(C)CC(C)S. The Labute approximate surface area is 179 Å². The summed E-state index contributed by atoms with van der Waals surface area (Å²) in [6.07, 6.45) is 1.69. The van der Waals surface area contributed by atoms with Gasteiger partial charge >= 0.3 is 6.03 Å². The predicted molar refractivity (Wildman–Crippen MR) is 122 cm³/mol. The minimum atomic E-state index is -0.634. The standard InChI is InChI=1S/C20H41BN4O2S/c1-8-22-12-16(17(26)24-13-19(4,5)10-15(3)28)25-18(27)23-11-14(2)9-20(6,7)21/h14-16,22,28H,8-13H2,1-7H3,(H,24,26)(H2,23,25,27). The van der Waals surface area contributed by atoms with Gasteiger partial charge in [-0.3, -0.25) is 4.79 Å². The number of nitrogens with one attached hydrogen (secondary N) is 4.